The molecule has 17 heavy (non-hydrogen) atoms. The van der Waals surface area contributed by atoms with E-state index in [0.717, 1.165) is 5.69 Å². The van der Waals surface area contributed by atoms with Crippen LogP contribution in [0, 0.1) is 11.3 Å². The zero-order valence-corrected chi connectivity index (χ0v) is 10.4. The van der Waals surface area contributed by atoms with Gasteiger partial charge in [0.2, 0.25) is 0 Å². The van der Waals surface area contributed by atoms with Gasteiger partial charge in [0.15, 0.2) is 0 Å². The van der Waals surface area contributed by atoms with Crippen LogP contribution in [0.4, 0.5) is 0 Å². The van der Waals surface area contributed by atoms with E-state index in [0.29, 0.717) is 11.6 Å². The van der Waals surface area contributed by atoms with Gasteiger partial charge in [0.05, 0.1) is 0 Å². The van der Waals surface area contributed by atoms with Crippen LogP contribution in [0.5, 0.6) is 0 Å². The lowest BCUT2D eigenvalue weighted by Gasteiger charge is -2.09. The van der Waals surface area contributed by atoms with Crippen molar-refractivity contribution >= 4 is 0 Å². The van der Waals surface area contributed by atoms with Crippen molar-refractivity contribution in [1.29, 1.82) is 5.26 Å². The van der Waals surface area contributed by atoms with Crippen LogP contribution in [-0.4, -0.2) is 4.57 Å². The lowest BCUT2D eigenvalue weighted by atomic mass is 10.00. The molecule has 0 unspecified atom stereocenters. The first-order chi connectivity index (χ1) is 8.13. The first-order valence-electron chi connectivity index (χ1n) is 5.79. The molecule has 1 aromatic heterocycles. The minimum absolute atomic E-state index is 0.519. The van der Waals surface area contributed by atoms with E-state index in [1.165, 1.54) is 11.1 Å². The van der Waals surface area contributed by atoms with Gasteiger partial charge in [-0.2, -0.15) is 5.26 Å². The average Bonchev–Trinajstić information content (AvgIpc) is 2.70. The van der Waals surface area contributed by atoms with E-state index in [-0.39, 0.29) is 0 Å². The predicted molar refractivity (Wildman–Crippen MR) is 69.7 cm³/mol. The Balaban J connectivity index is 2.50. The molecule has 1 aromatic carbocycles. The smallest absolute Gasteiger partial charge is 0.120 e. The topological polar surface area (TPSA) is 28.7 Å². The van der Waals surface area contributed by atoms with E-state index in [2.05, 4.69) is 44.2 Å². The molecule has 0 aliphatic carbocycles. The van der Waals surface area contributed by atoms with Gasteiger partial charge in [-0.15, -0.1) is 0 Å². The van der Waals surface area contributed by atoms with Crippen molar-refractivity contribution < 1.29 is 0 Å². The Morgan fingerprint density at radius 2 is 1.94 bits per heavy atom. The maximum atomic E-state index is 8.95. The van der Waals surface area contributed by atoms with E-state index in [4.69, 9.17) is 5.26 Å². The Kier molecular flexibility index (Phi) is 3.01. The summed E-state index contributed by atoms with van der Waals surface area (Å²) < 4.78 is 1.93. The van der Waals surface area contributed by atoms with E-state index in [1.54, 1.807) is 0 Å². The molecular formula is C15H16N2. The quantitative estimate of drug-likeness (QED) is 0.764. The lowest BCUT2D eigenvalue weighted by Crippen LogP contribution is -1.95. The Labute approximate surface area is 102 Å². The van der Waals surface area contributed by atoms with E-state index in [9.17, 15) is 0 Å². The predicted octanol–water partition coefficient (Wildman–Crippen LogP) is 3.69. The third-order valence-electron chi connectivity index (χ3n) is 3.09. The summed E-state index contributed by atoms with van der Waals surface area (Å²) in [6, 6.07) is 14.5. The minimum Gasteiger partial charge on any atom is -0.335 e. The van der Waals surface area contributed by atoms with Crippen LogP contribution in [0.2, 0.25) is 0 Å². The van der Waals surface area contributed by atoms with Crippen LogP contribution in [0.3, 0.4) is 0 Å². The second kappa shape index (κ2) is 4.47. The van der Waals surface area contributed by atoms with Crippen LogP contribution in [0.15, 0.2) is 36.4 Å². The maximum absolute atomic E-state index is 8.95. The van der Waals surface area contributed by atoms with Gasteiger partial charge < -0.3 is 4.57 Å². The number of rotatable bonds is 2. The summed E-state index contributed by atoms with van der Waals surface area (Å²) in [5, 5.41) is 8.95. The first-order valence-corrected chi connectivity index (χ1v) is 5.79. The summed E-state index contributed by atoms with van der Waals surface area (Å²) >= 11 is 0. The number of aromatic nitrogens is 1. The Hall–Kier alpha value is -2.01. The second-order valence-electron chi connectivity index (χ2n) is 4.55. The zero-order valence-electron chi connectivity index (χ0n) is 10.4. The summed E-state index contributed by atoms with van der Waals surface area (Å²) in [6.45, 7) is 4.37. The molecule has 1 heterocycles. The molecule has 0 saturated carbocycles. The highest BCUT2D eigenvalue weighted by atomic mass is 15.0. The second-order valence-corrected chi connectivity index (χ2v) is 4.55. The van der Waals surface area contributed by atoms with Crippen LogP contribution in [-0.2, 0) is 7.05 Å². The summed E-state index contributed by atoms with van der Waals surface area (Å²) in [5.41, 5.74) is 4.27. The highest BCUT2D eigenvalue weighted by molar-refractivity contribution is 5.62. The molecule has 0 atom stereocenters. The van der Waals surface area contributed by atoms with Crippen LogP contribution < -0.4 is 0 Å². The molecule has 0 spiro atoms. The Morgan fingerprint density at radius 1 is 1.18 bits per heavy atom. The molecule has 0 fully saturated rings. The van der Waals surface area contributed by atoms with Crippen molar-refractivity contribution in [2.75, 3.05) is 0 Å². The molecule has 2 aromatic rings. The lowest BCUT2D eigenvalue weighted by molar-refractivity contribution is 0.865. The fourth-order valence-corrected chi connectivity index (χ4v) is 1.97. The molecule has 0 bridgehead atoms. The Morgan fingerprint density at radius 3 is 2.53 bits per heavy atom. The van der Waals surface area contributed by atoms with Crippen molar-refractivity contribution in [1.82, 2.24) is 4.57 Å². The van der Waals surface area contributed by atoms with Crippen molar-refractivity contribution in [2.45, 2.75) is 19.8 Å². The van der Waals surface area contributed by atoms with Crippen LogP contribution >= 0.6 is 0 Å². The van der Waals surface area contributed by atoms with Gasteiger partial charge in [-0.1, -0.05) is 32.0 Å². The zero-order chi connectivity index (χ0) is 12.4. The van der Waals surface area contributed by atoms with Gasteiger partial charge >= 0.3 is 0 Å². The number of hydrogen-bond donors (Lipinski definition) is 0. The summed E-state index contributed by atoms with van der Waals surface area (Å²) in [5.74, 6) is 0.519. The molecule has 86 valence electrons. The number of hydrogen-bond acceptors (Lipinski definition) is 1. The average molecular weight is 224 g/mol. The summed E-state index contributed by atoms with van der Waals surface area (Å²) in [6.07, 6.45) is 0. The molecule has 0 N–H and O–H groups in total. The first kappa shape index (κ1) is 11.5. The van der Waals surface area contributed by atoms with Crippen molar-refractivity contribution in [3.8, 4) is 17.3 Å². The van der Waals surface area contributed by atoms with E-state index >= 15 is 0 Å². The highest BCUT2D eigenvalue weighted by Crippen LogP contribution is 2.25. The fraction of sp³-hybridized carbons (Fsp3) is 0.267. The standard InChI is InChI=1S/C15H16N2/c1-11(2)12-5-4-6-13(9-12)15-8-7-14(10-16)17(15)3/h4-9,11H,1-3H3. The van der Waals surface area contributed by atoms with E-state index < -0.39 is 0 Å². The molecule has 2 rings (SSSR count). The van der Waals surface area contributed by atoms with Crippen molar-refractivity contribution in [2.24, 2.45) is 7.05 Å². The Bertz CT molecular complexity index is 571. The molecule has 0 saturated heterocycles. The van der Waals surface area contributed by atoms with Crippen molar-refractivity contribution in [3.63, 3.8) is 0 Å². The molecule has 2 heteroatoms. The minimum atomic E-state index is 0.519. The third-order valence-corrected chi connectivity index (χ3v) is 3.09. The van der Waals surface area contributed by atoms with Crippen molar-refractivity contribution in [3.05, 3.63) is 47.7 Å². The maximum Gasteiger partial charge on any atom is 0.120 e. The van der Waals surface area contributed by atoms with Crippen LogP contribution in [0.1, 0.15) is 31.0 Å². The van der Waals surface area contributed by atoms with Gasteiger partial charge in [-0.3, -0.25) is 0 Å². The molecular weight excluding hydrogens is 208 g/mol. The molecule has 0 amide bonds. The van der Waals surface area contributed by atoms with E-state index in [1.807, 2.05) is 23.7 Å². The highest BCUT2D eigenvalue weighted by Gasteiger charge is 2.07. The van der Waals surface area contributed by atoms with Gasteiger partial charge in [0.25, 0.3) is 0 Å². The molecule has 0 radical (unpaired) electrons. The summed E-state index contributed by atoms with van der Waals surface area (Å²) in [7, 11) is 1.93. The molecule has 0 aliphatic heterocycles. The van der Waals surface area contributed by atoms with Gasteiger partial charge in [0, 0.05) is 12.7 Å². The monoisotopic (exact) mass is 224 g/mol. The number of nitrogens with zero attached hydrogens (tertiary/aromatic N) is 2. The molecule has 2 nitrogen and oxygen atoms in total. The van der Waals surface area contributed by atoms with Gasteiger partial charge in [0.1, 0.15) is 11.8 Å². The third kappa shape index (κ3) is 2.09. The van der Waals surface area contributed by atoms with Crippen LogP contribution in [0.25, 0.3) is 11.3 Å². The fourth-order valence-electron chi connectivity index (χ4n) is 1.97. The van der Waals surface area contributed by atoms with Gasteiger partial charge in [-0.05, 0) is 35.2 Å². The number of nitriles is 1. The largest absolute Gasteiger partial charge is 0.335 e. The normalized spacial score (nSPS) is 10.5. The molecule has 0 aliphatic rings. The summed E-state index contributed by atoms with van der Waals surface area (Å²) in [4.78, 5) is 0. The SMILES string of the molecule is CC(C)c1cccc(-c2ccc(C#N)n2C)c1. The number of benzene rings is 1. The van der Waals surface area contributed by atoms with Gasteiger partial charge in [-0.25, -0.2) is 0 Å².